The minimum atomic E-state index is -0.266. The molecule has 0 saturated heterocycles. The van der Waals surface area contributed by atoms with Crippen LogP contribution < -0.4 is 9.47 Å². The van der Waals surface area contributed by atoms with E-state index >= 15 is 0 Å². The molecular formula is C36H46O4S. The van der Waals surface area contributed by atoms with Gasteiger partial charge in [0, 0.05) is 26.7 Å². The Morgan fingerprint density at radius 1 is 0.561 bits per heavy atom. The van der Waals surface area contributed by atoms with Crippen LogP contribution in [0.5, 0.6) is 11.5 Å². The number of hydrogen-bond acceptors (Lipinski definition) is 5. The van der Waals surface area contributed by atoms with Crippen molar-refractivity contribution in [1.82, 2.24) is 0 Å². The molecule has 4 nitrogen and oxygen atoms in total. The quantitative estimate of drug-likeness (QED) is 0.0771. The van der Waals surface area contributed by atoms with Gasteiger partial charge in [0.25, 0.3) is 0 Å². The van der Waals surface area contributed by atoms with Crippen molar-refractivity contribution in [2.24, 2.45) is 0 Å². The van der Waals surface area contributed by atoms with Gasteiger partial charge in [-0.1, -0.05) is 86.8 Å². The second-order valence-electron chi connectivity index (χ2n) is 10.1. The molecule has 220 valence electrons. The van der Waals surface area contributed by atoms with Crippen LogP contribution in [0.25, 0.3) is 0 Å². The van der Waals surface area contributed by atoms with Crippen LogP contribution in [0.4, 0.5) is 0 Å². The number of ether oxygens (including phenoxy) is 2. The Kier molecular flexibility index (Phi) is 18.7. The lowest BCUT2D eigenvalue weighted by atomic mass is 10.0. The smallest absolute Gasteiger partial charge is 0.308 e. The average Bonchev–Trinajstić information content (AvgIpc) is 2.95. The fraction of sp³-hybridized carbons (Fsp3) is 0.500. The van der Waals surface area contributed by atoms with Gasteiger partial charge < -0.3 is 9.47 Å². The van der Waals surface area contributed by atoms with E-state index in [1.807, 2.05) is 48.5 Å². The van der Waals surface area contributed by atoms with E-state index in [0.717, 1.165) is 74.0 Å². The number of benzene rings is 2. The fourth-order valence-electron chi connectivity index (χ4n) is 4.48. The lowest BCUT2D eigenvalue weighted by Gasteiger charge is -2.08. The highest BCUT2D eigenvalue weighted by Crippen LogP contribution is 2.22. The number of carbonyl (C=O) groups excluding carboxylic acids is 2. The van der Waals surface area contributed by atoms with E-state index in [9.17, 15) is 9.59 Å². The summed E-state index contributed by atoms with van der Waals surface area (Å²) in [6.45, 7) is 2.89. The van der Waals surface area contributed by atoms with E-state index in [2.05, 4.69) is 23.7 Å². The van der Waals surface area contributed by atoms with Gasteiger partial charge in [-0.25, -0.2) is 0 Å². The topological polar surface area (TPSA) is 52.6 Å². The number of aryl methyl sites for hydroxylation is 2. The summed E-state index contributed by atoms with van der Waals surface area (Å²) in [7, 11) is 0. The number of carbonyl (C=O) groups is 2. The first-order chi connectivity index (χ1) is 20.1. The largest absolute Gasteiger partial charge is 0.426 e. The molecule has 41 heavy (non-hydrogen) atoms. The molecule has 0 radical (unpaired) electrons. The Morgan fingerprint density at radius 3 is 1.39 bits per heavy atom. The molecule has 0 atom stereocenters. The van der Waals surface area contributed by atoms with E-state index in [1.165, 1.54) is 52.4 Å². The molecule has 2 aromatic carbocycles. The van der Waals surface area contributed by atoms with Gasteiger partial charge in [0.1, 0.15) is 11.5 Å². The summed E-state index contributed by atoms with van der Waals surface area (Å²) in [6, 6.07) is 15.6. The number of para-hydroxylation sites is 2. The normalized spacial score (nSPS) is 10.2. The highest BCUT2D eigenvalue weighted by atomic mass is 32.2. The Labute approximate surface area is 252 Å². The molecule has 0 aliphatic heterocycles. The molecule has 2 rings (SSSR count). The summed E-state index contributed by atoms with van der Waals surface area (Å²) in [5, 5.41) is 0. The van der Waals surface area contributed by atoms with Crippen molar-refractivity contribution in [3.8, 4) is 35.2 Å². The lowest BCUT2D eigenvalue weighted by molar-refractivity contribution is -0.132. The van der Waals surface area contributed by atoms with Crippen molar-refractivity contribution in [3.63, 3.8) is 0 Å². The highest BCUT2D eigenvalue weighted by molar-refractivity contribution is 7.99. The van der Waals surface area contributed by atoms with Crippen molar-refractivity contribution in [3.05, 3.63) is 59.7 Å². The van der Waals surface area contributed by atoms with Gasteiger partial charge in [0.15, 0.2) is 0 Å². The molecule has 0 fully saturated rings. The summed E-state index contributed by atoms with van der Waals surface area (Å²) in [4.78, 5) is 22.5. The Morgan fingerprint density at radius 2 is 0.951 bits per heavy atom. The molecule has 0 bridgehead atoms. The third kappa shape index (κ3) is 17.3. The zero-order valence-electron chi connectivity index (χ0n) is 25.0. The lowest BCUT2D eigenvalue weighted by Crippen LogP contribution is -2.03. The van der Waals surface area contributed by atoms with E-state index in [4.69, 9.17) is 9.47 Å². The Balaban J connectivity index is 1.37. The number of unbranched alkanes of at least 4 members (excludes halogenated alkanes) is 10. The maximum Gasteiger partial charge on any atom is 0.308 e. The van der Waals surface area contributed by atoms with E-state index in [-0.39, 0.29) is 11.9 Å². The summed E-state index contributed by atoms with van der Waals surface area (Å²) >= 11 is 1.80. The van der Waals surface area contributed by atoms with Crippen LogP contribution in [-0.2, 0) is 22.4 Å². The van der Waals surface area contributed by atoms with Crippen LogP contribution in [0.15, 0.2) is 48.5 Å². The van der Waals surface area contributed by atoms with Crippen LogP contribution in [0.1, 0.15) is 102 Å². The first kappa shape index (κ1) is 34.1. The maximum atomic E-state index is 11.2. The van der Waals surface area contributed by atoms with Crippen LogP contribution >= 0.6 is 11.8 Å². The molecule has 0 unspecified atom stereocenters. The second-order valence-corrected chi connectivity index (χ2v) is 11.1. The molecule has 0 heterocycles. The van der Waals surface area contributed by atoms with Crippen molar-refractivity contribution in [1.29, 1.82) is 0 Å². The van der Waals surface area contributed by atoms with Gasteiger partial charge in [-0.15, -0.1) is 23.6 Å². The van der Waals surface area contributed by atoms with Gasteiger partial charge >= 0.3 is 11.9 Å². The minimum Gasteiger partial charge on any atom is -0.426 e. The minimum absolute atomic E-state index is 0.266. The van der Waals surface area contributed by atoms with E-state index < -0.39 is 0 Å². The molecule has 0 saturated carbocycles. The van der Waals surface area contributed by atoms with Crippen molar-refractivity contribution < 1.29 is 19.1 Å². The molecule has 0 aliphatic rings. The summed E-state index contributed by atoms with van der Waals surface area (Å²) in [5.41, 5.74) is 2.22. The third-order valence-corrected chi connectivity index (χ3v) is 7.24. The molecule has 0 N–H and O–H groups in total. The predicted molar refractivity (Wildman–Crippen MR) is 171 cm³/mol. The van der Waals surface area contributed by atoms with E-state index in [1.54, 1.807) is 11.8 Å². The average molecular weight is 575 g/mol. The fourth-order valence-corrected chi connectivity index (χ4v) is 4.99. The Bertz CT molecular complexity index is 1070. The number of esters is 2. The predicted octanol–water partition coefficient (Wildman–Crippen LogP) is 8.74. The van der Waals surface area contributed by atoms with Crippen LogP contribution in [-0.4, -0.2) is 23.4 Å². The first-order valence-electron chi connectivity index (χ1n) is 15.1. The number of rotatable bonds is 18. The molecule has 5 heteroatoms. The molecule has 2 aromatic rings. The molecule has 0 aromatic heterocycles. The molecule has 0 amide bonds. The van der Waals surface area contributed by atoms with Crippen molar-refractivity contribution in [2.75, 3.05) is 11.5 Å². The number of thioether (sulfide) groups is 1. The zero-order chi connectivity index (χ0) is 29.4. The maximum absolute atomic E-state index is 11.2. The highest BCUT2D eigenvalue weighted by Gasteiger charge is 2.06. The third-order valence-electron chi connectivity index (χ3n) is 6.55. The first-order valence-corrected chi connectivity index (χ1v) is 16.2. The van der Waals surface area contributed by atoms with Gasteiger partial charge in [-0.2, -0.15) is 0 Å². The van der Waals surface area contributed by atoms with Gasteiger partial charge in [-0.3, -0.25) is 9.59 Å². The van der Waals surface area contributed by atoms with Gasteiger partial charge in [0.2, 0.25) is 0 Å². The summed E-state index contributed by atoms with van der Waals surface area (Å²) in [6.07, 6.45) is 15.6. The molecular weight excluding hydrogens is 528 g/mol. The van der Waals surface area contributed by atoms with Gasteiger partial charge in [0.05, 0.1) is 11.5 Å². The zero-order valence-corrected chi connectivity index (χ0v) is 25.8. The summed E-state index contributed by atoms with van der Waals surface area (Å²) < 4.78 is 10.6. The van der Waals surface area contributed by atoms with E-state index in [0.29, 0.717) is 11.5 Å². The van der Waals surface area contributed by atoms with Crippen LogP contribution in [0, 0.1) is 23.7 Å². The van der Waals surface area contributed by atoms with Crippen molar-refractivity contribution in [2.45, 2.75) is 104 Å². The SMILES string of the molecule is CC(=O)Oc1ccccc1CCCCCCCC#CCSCC#CCCCCCCCc1ccccc1OC(C)=O. The summed E-state index contributed by atoms with van der Waals surface area (Å²) in [5.74, 6) is 15.7. The standard InChI is InChI=1S/C36H46O4S/c1-31(37)39-35-27-19-17-25-33(35)23-15-11-7-3-5-9-13-21-29-41-30-22-14-10-6-4-8-12-16-24-34-26-18-20-28-36(34)40-32(2)38/h17-20,25-28H,3-12,15-16,23-24,29-30H2,1-2H3. The van der Waals surface area contributed by atoms with Gasteiger partial charge in [-0.05, 0) is 61.8 Å². The van der Waals surface area contributed by atoms with Crippen molar-refractivity contribution >= 4 is 23.7 Å². The number of hydrogen-bond donors (Lipinski definition) is 0. The second kappa shape index (κ2) is 22.5. The Hall–Kier alpha value is -3.15. The van der Waals surface area contributed by atoms with Crippen LogP contribution in [0.2, 0.25) is 0 Å². The molecule has 0 aliphatic carbocycles. The monoisotopic (exact) mass is 574 g/mol. The molecule has 0 spiro atoms. The van der Waals surface area contributed by atoms with Crippen LogP contribution in [0.3, 0.4) is 0 Å².